The second kappa shape index (κ2) is 4.09. The third-order valence-corrected chi connectivity index (χ3v) is 2.14. The average Bonchev–Trinajstić information content (AvgIpc) is 2.04. The summed E-state index contributed by atoms with van der Waals surface area (Å²) in [6, 6.07) is 8.83. The molecule has 0 amide bonds. The molecule has 0 saturated heterocycles. The van der Waals surface area contributed by atoms with Crippen molar-refractivity contribution in [2.24, 2.45) is 0 Å². The summed E-state index contributed by atoms with van der Waals surface area (Å²) in [5, 5.41) is 3.35. The van der Waals surface area contributed by atoms with Crippen LogP contribution in [0, 0.1) is 6.92 Å². The van der Waals surface area contributed by atoms with Gasteiger partial charge in [-0.15, -0.1) is 0 Å². The van der Waals surface area contributed by atoms with E-state index in [1.54, 1.807) is 0 Å². The van der Waals surface area contributed by atoms with Crippen molar-refractivity contribution in [3.63, 3.8) is 0 Å². The molecule has 64 valence electrons. The molecule has 2 rings (SSSR count). The molecule has 1 aliphatic rings. The standard InChI is InChI=1S/C10H12N.W/c1-8-6-7-9-4-2-3-5-10(9)11-8;/h2-5,8,11H,1,6-7H2;/q-1;. The minimum atomic E-state index is 0. The third kappa shape index (κ3) is 1.90. The predicted octanol–water partition coefficient (Wildman–Crippen LogP) is 2.24. The van der Waals surface area contributed by atoms with Gasteiger partial charge >= 0.3 is 0 Å². The molecule has 12 heavy (non-hydrogen) atoms. The molecular weight excluding hydrogens is 318 g/mol. The van der Waals surface area contributed by atoms with E-state index in [4.69, 9.17) is 0 Å². The molecule has 1 unspecified atom stereocenters. The first-order valence-electron chi connectivity index (χ1n) is 4.04. The minimum absolute atomic E-state index is 0. The first-order valence-corrected chi connectivity index (χ1v) is 4.04. The number of hydrogen-bond donors (Lipinski definition) is 1. The monoisotopic (exact) mass is 330 g/mol. The SMILES string of the molecule is [CH2-]C1CCc2ccccc2N1.[W]. The number of benzene rings is 1. The second-order valence-electron chi connectivity index (χ2n) is 3.04. The zero-order valence-electron chi connectivity index (χ0n) is 6.92. The Morgan fingerprint density at radius 2 is 2.08 bits per heavy atom. The quantitative estimate of drug-likeness (QED) is 0.720. The van der Waals surface area contributed by atoms with Gasteiger partial charge < -0.3 is 12.2 Å². The van der Waals surface area contributed by atoms with Crippen molar-refractivity contribution >= 4 is 5.69 Å². The number of nitrogens with one attached hydrogen (secondary N) is 1. The fourth-order valence-corrected chi connectivity index (χ4v) is 1.50. The average molecular weight is 330 g/mol. The van der Waals surface area contributed by atoms with Crippen LogP contribution in [0.5, 0.6) is 0 Å². The summed E-state index contributed by atoms with van der Waals surface area (Å²) in [5.74, 6) is 0. The van der Waals surface area contributed by atoms with E-state index in [1.807, 2.05) is 0 Å². The van der Waals surface area contributed by atoms with Crippen LogP contribution in [0.1, 0.15) is 12.0 Å². The maximum absolute atomic E-state index is 3.99. The molecule has 0 aliphatic carbocycles. The Hall–Kier alpha value is -0.292. The Kier molecular flexibility index (Phi) is 3.34. The molecule has 1 atom stereocenters. The van der Waals surface area contributed by atoms with E-state index < -0.39 is 0 Å². The summed E-state index contributed by atoms with van der Waals surface area (Å²) < 4.78 is 0. The summed E-state index contributed by atoms with van der Waals surface area (Å²) >= 11 is 0. The van der Waals surface area contributed by atoms with Gasteiger partial charge in [0, 0.05) is 26.8 Å². The molecule has 1 nitrogen and oxygen atoms in total. The van der Waals surface area contributed by atoms with Gasteiger partial charge in [0.2, 0.25) is 0 Å². The molecule has 1 aromatic carbocycles. The van der Waals surface area contributed by atoms with E-state index >= 15 is 0 Å². The Bertz CT molecular complexity index is 260. The first-order chi connectivity index (χ1) is 5.36. The van der Waals surface area contributed by atoms with Crippen LogP contribution in [0.2, 0.25) is 0 Å². The molecule has 0 bridgehead atoms. The summed E-state index contributed by atoms with van der Waals surface area (Å²) in [4.78, 5) is 0. The van der Waals surface area contributed by atoms with Crippen LogP contribution in [0.15, 0.2) is 24.3 Å². The number of fused-ring (bicyclic) bond motifs is 1. The summed E-state index contributed by atoms with van der Waals surface area (Å²) in [5.41, 5.74) is 2.69. The van der Waals surface area contributed by atoms with Crippen LogP contribution in [0.4, 0.5) is 5.69 Å². The Labute approximate surface area is 87.8 Å². The smallest absolute Gasteiger partial charge is 0.0350 e. The van der Waals surface area contributed by atoms with E-state index in [1.165, 1.54) is 11.3 Å². The molecule has 1 aromatic rings. The zero-order chi connectivity index (χ0) is 7.68. The minimum Gasteiger partial charge on any atom is -0.412 e. The van der Waals surface area contributed by atoms with Crippen LogP contribution in [0.25, 0.3) is 0 Å². The van der Waals surface area contributed by atoms with E-state index in [-0.39, 0.29) is 21.1 Å². The normalized spacial score (nSPS) is 20.2. The predicted molar refractivity (Wildman–Crippen MR) is 47.5 cm³/mol. The van der Waals surface area contributed by atoms with Gasteiger partial charge in [0.05, 0.1) is 0 Å². The maximum atomic E-state index is 3.99. The molecular formula is C10H12NW-. The van der Waals surface area contributed by atoms with E-state index in [2.05, 4.69) is 36.5 Å². The van der Waals surface area contributed by atoms with Gasteiger partial charge in [0.25, 0.3) is 0 Å². The molecule has 0 aromatic heterocycles. The number of para-hydroxylation sites is 1. The second-order valence-corrected chi connectivity index (χ2v) is 3.04. The molecule has 1 aliphatic heterocycles. The summed E-state index contributed by atoms with van der Waals surface area (Å²) in [6.45, 7) is 3.99. The van der Waals surface area contributed by atoms with Gasteiger partial charge in [0.15, 0.2) is 0 Å². The number of hydrogen-bond acceptors (Lipinski definition) is 1. The molecule has 0 saturated carbocycles. The topological polar surface area (TPSA) is 12.0 Å². The van der Waals surface area contributed by atoms with Crippen molar-refractivity contribution in [2.75, 3.05) is 5.32 Å². The molecule has 1 N–H and O–H groups in total. The Morgan fingerprint density at radius 3 is 2.92 bits per heavy atom. The van der Waals surface area contributed by atoms with E-state index in [0.29, 0.717) is 6.04 Å². The Balaban J connectivity index is 0.000000720. The van der Waals surface area contributed by atoms with Gasteiger partial charge in [-0.3, -0.25) is 0 Å². The van der Waals surface area contributed by atoms with Crippen LogP contribution in [0.3, 0.4) is 0 Å². The van der Waals surface area contributed by atoms with Crippen molar-refractivity contribution in [1.29, 1.82) is 0 Å². The Morgan fingerprint density at radius 1 is 1.33 bits per heavy atom. The van der Waals surface area contributed by atoms with Gasteiger partial charge in [-0.2, -0.15) is 0 Å². The fourth-order valence-electron chi connectivity index (χ4n) is 1.50. The van der Waals surface area contributed by atoms with Crippen LogP contribution < -0.4 is 5.32 Å². The van der Waals surface area contributed by atoms with Crippen LogP contribution >= 0.6 is 0 Å². The molecule has 0 radical (unpaired) electrons. The van der Waals surface area contributed by atoms with E-state index in [0.717, 1.165) is 12.8 Å². The maximum Gasteiger partial charge on any atom is 0.0350 e. The third-order valence-electron chi connectivity index (χ3n) is 2.14. The molecule has 2 heteroatoms. The van der Waals surface area contributed by atoms with Gasteiger partial charge in [-0.25, -0.2) is 0 Å². The molecule has 0 fully saturated rings. The van der Waals surface area contributed by atoms with E-state index in [9.17, 15) is 0 Å². The molecule has 1 heterocycles. The van der Waals surface area contributed by atoms with Crippen LogP contribution in [-0.2, 0) is 27.5 Å². The van der Waals surface area contributed by atoms with Crippen molar-refractivity contribution in [3.8, 4) is 0 Å². The van der Waals surface area contributed by atoms with Crippen molar-refractivity contribution in [2.45, 2.75) is 18.9 Å². The first kappa shape index (κ1) is 9.79. The van der Waals surface area contributed by atoms with Crippen molar-refractivity contribution in [3.05, 3.63) is 36.8 Å². The largest absolute Gasteiger partial charge is 0.412 e. The zero-order valence-corrected chi connectivity index (χ0v) is 9.85. The van der Waals surface area contributed by atoms with Gasteiger partial charge in [0.1, 0.15) is 0 Å². The summed E-state index contributed by atoms with van der Waals surface area (Å²) in [6.07, 6.45) is 2.31. The van der Waals surface area contributed by atoms with Crippen LogP contribution in [-0.4, -0.2) is 6.04 Å². The van der Waals surface area contributed by atoms with Gasteiger partial charge in [-0.1, -0.05) is 30.7 Å². The number of anilines is 1. The van der Waals surface area contributed by atoms with Crippen molar-refractivity contribution in [1.82, 2.24) is 0 Å². The number of rotatable bonds is 0. The fraction of sp³-hybridized carbons (Fsp3) is 0.300. The van der Waals surface area contributed by atoms with Crippen molar-refractivity contribution < 1.29 is 21.1 Å². The number of aryl methyl sites for hydroxylation is 1. The summed E-state index contributed by atoms with van der Waals surface area (Å²) in [7, 11) is 0. The van der Waals surface area contributed by atoms with Gasteiger partial charge in [-0.05, 0) is 18.1 Å². The molecule has 0 spiro atoms.